The molecule has 0 saturated heterocycles. The normalized spacial score (nSPS) is 14.6. The molecule has 8 nitrogen and oxygen atoms in total. The number of rotatable bonds is 10. The lowest BCUT2D eigenvalue weighted by atomic mass is 9.95. The maximum absolute atomic E-state index is 14.2. The van der Waals surface area contributed by atoms with Crippen molar-refractivity contribution in [3.63, 3.8) is 0 Å². The Hall–Kier alpha value is -3.57. The van der Waals surface area contributed by atoms with E-state index in [1.807, 2.05) is 25.1 Å². The van der Waals surface area contributed by atoms with Crippen LogP contribution in [0.5, 0.6) is 17.2 Å². The maximum Gasteiger partial charge on any atom is 0.338 e. The van der Waals surface area contributed by atoms with E-state index in [9.17, 15) is 9.59 Å². The average Bonchev–Trinajstić information content (AvgIpc) is 3.30. The van der Waals surface area contributed by atoms with Crippen LogP contribution in [-0.2, 0) is 16.1 Å². The number of fused-ring (bicyclic) bond motifs is 1. The first-order valence-corrected chi connectivity index (χ1v) is 16.4. The van der Waals surface area contributed by atoms with Gasteiger partial charge in [-0.2, -0.15) is 0 Å². The molecule has 1 aromatic heterocycles. The Morgan fingerprint density at radius 3 is 2.51 bits per heavy atom. The molecule has 0 unspecified atom stereocenters. The van der Waals surface area contributed by atoms with Gasteiger partial charge in [-0.3, -0.25) is 9.36 Å². The van der Waals surface area contributed by atoms with Crippen molar-refractivity contribution >= 4 is 62.5 Å². The van der Waals surface area contributed by atoms with Crippen LogP contribution in [0.25, 0.3) is 6.08 Å². The number of carbonyl (C=O) groups is 1. The van der Waals surface area contributed by atoms with Crippen molar-refractivity contribution in [1.29, 1.82) is 0 Å². The lowest BCUT2D eigenvalue weighted by molar-refractivity contribution is -0.139. The maximum atomic E-state index is 14.2. The van der Waals surface area contributed by atoms with Gasteiger partial charge >= 0.3 is 5.97 Å². The minimum Gasteiger partial charge on any atom is -0.493 e. The van der Waals surface area contributed by atoms with E-state index >= 15 is 0 Å². The van der Waals surface area contributed by atoms with Crippen molar-refractivity contribution in [2.24, 2.45) is 4.99 Å². The zero-order valence-electron chi connectivity index (χ0n) is 24.9. The van der Waals surface area contributed by atoms with Crippen LogP contribution in [0.1, 0.15) is 43.5 Å². The summed E-state index contributed by atoms with van der Waals surface area (Å²) in [6.07, 6.45) is 1.72. The van der Waals surface area contributed by atoms with Crippen molar-refractivity contribution in [3.05, 3.63) is 117 Å². The van der Waals surface area contributed by atoms with Gasteiger partial charge in [0.1, 0.15) is 12.4 Å². The number of methoxy groups -OCH3 is 1. The first-order chi connectivity index (χ1) is 21.6. The van der Waals surface area contributed by atoms with Gasteiger partial charge in [0.2, 0.25) is 0 Å². The van der Waals surface area contributed by atoms with Crippen molar-refractivity contribution in [1.82, 2.24) is 4.57 Å². The van der Waals surface area contributed by atoms with Crippen LogP contribution in [0.2, 0.25) is 10.0 Å². The lowest BCUT2D eigenvalue weighted by Gasteiger charge is -2.26. The summed E-state index contributed by atoms with van der Waals surface area (Å²) >= 11 is 17.4. The van der Waals surface area contributed by atoms with Gasteiger partial charge in [-0.15, -0.1) is 0 Å². The Labute approximate surface area is 282 Å². The molecule has 1 atom stereocenters. The van der Waals surface area contributed by atoms with E-state index in [-0.39, 0.29) is 24.3 Å². The minimum absolute atomic E-state index is 0.160. The molecule has 0 bridgehead atoms. The number of ether oxygens (including phenoxy) is 4. The van der Waals surface area contributed by atoms with Gasteiger partial charge in [-0.25, -0.2) is 9.79 Å². The summed E-state index contributed by atoms with van der Waals surface area (Å²) in [5.74, 6) is 0.941. The summed E-state index contributed by atoms with van der Waals surface area (Å²) in [5, 5.41) is 1.09. The summed E-state index contributed by atoms with van der Waals surface area (Å²) in [7, 11) is 1.53. The summed E-state index contributed by atoms with van der Waals surface area (Å²) in [5.41, 5.74) is 2.44. The van der Waals surface area contributed by atoms with Crippen LogP contribution in [0.4, 0.5) is 0 Å². The molecule has 1 aliphatic rings. The third kappa shape index (κ3) is 6.99. The number of nitrogens with zero attached hydrogens (tertiary/aromatic N) is 2. The summed E-state index contributed by atoms with van der Waals surface area (Å²) in [4.78, 5) is 32.7. The first-order valence-electron chi connectivity index (χ1n) is 14.0. The van der Waals surface area contributed by atoms with Gasteiger partial charge < -0.3 is 18.9 Å². The fourth-order valence-electron chi connectivity index (χ4n) is 4.97. The van der Waals surface area contributed by atoms with Crippen molar-refractivity contribution in [3.8, 4) is 17.2 Å². The van der Waals surface area contributed by atoms with Crippen LogP contribution >= 0.6 is 50.5 Å². The predicted molar refractivity (Wildman–Crippen MR) is 179 cm³/mol. The Bertz CT molecular complexity index is 1990. The number of aromatic nitrogens is 1. The Morgan fingerprint density at radius 2 is 1.80 bits per heavy atom. The molecule has 0 spiro atoms. The van der Waals surface area contributed by atoms with E-state index in [2.05, 4.69) is 20.9 Å². The standard InChI is InChI=1S/C33H29BrCl2N2O6S/c1-5-42-27-16-24(34)23(15-26(27)41-4)30-29(32(40)43-6-2)18(3)37-33-38(30)31(39)28(45-33)14-20-13-22(36)10-11-25(20)44-17-19-8-7-9-21(35)12-19/h7-16,30H,5-6,17H2,1-4H3/b28-14+/t30-/m1/s1. The second-order valence-electron chi connectivity index (χ2n) is 9.86. The van der Waals surface area contributed by atoms with Crippen molar-refractivity contribution in [2.75, 3.05) is 20.3 Å². The minimum atomic E-state index is -0.862. The van der Waals surface area contributed by atoms with Gasteiger partial charge in [-0.1, -0.05) is 62.6 Å². The molecule has 0 aliphatic carbocycles. The molecule has 0 N–H and O–H groups in total. The highest BCUT2D eigenvalue weighted by atomic mass is 79.9. The van der Waals surface area contributed by atoms with Gasteiger partial charge in [0.05, 0.1) is 42.2 Å². The van der Waals surface area contributed by atoms with E-state index in [0.717, 1.165) is 5.56 Å². The number of esters is 1. The number of hydrogen-bond acceptors (Lipinski definition) is 8. The van der Waals surface area contributed by atoms with Crippen LogP contribution in [0.3, 0.4) is 0 Å². The molecular weight excluding hydrogens is 703 g/mol. The van der Waals surface area contributed by atoms with E-state index < -0.39 is 12.0 Å². The van der Waals surface area contributed by atoms with Crippen LogP contribution in [0, 0.1) is 0 Å². The summed E-state index contributed by atoms with van der Waals surface area (Å²) in [6, 6.07) is 15.3. The van der Waals surface area contributed by atoms with Gasteiger partial charge in [0.15, 0.2) is 16.3 Å². The SMILES string of the molecule is CCOC(=O)C1=C(C)N=c2s/c(=C/c3cc(Cl)ccc3OCc3cccc(Cl)c3)c(=O)n2[C@@H]1c1cc(OC)c(OCC)cc1Br. The molecule has 0 saturated carbocycles. The third-order valence-corrected chi connectivity index (χ3v) is 9.08. The molecule has 2 heterocycles. The molecule has 45 heavy (non-hydrogen) atoms. The van der Waals surface area contributed by atoms with E-state index in [1.165, 1.54) is 23.0 Å². The van der Waals surface area contributed by atoms with E-state index in [1.54, 1.807) is 56.3 Å². The molecule has 4 aromatic rings. The first kappa shape index (κ1) is 32.8. The largest absolute Gasteiger partial charge is 0.493 e. The number of carbonyl (C=O) groups excluding carboxylic acids is 1. The molecule has 0 fully saturated rings. The number of benzene rings is 3. The fraction of sp³-hybridized carbons (Fsp3) is 0.242. The van der Waals surface area contributed by atoms with E-state index in [4.69, 9.17) is 42.1 Å². The highest BCUT2D eigenvalue weighted by molar-refractivity contribution is 9.10. The van der Waals surface area contributed by atoms with Crippen molar-refractivity contribution in [2.45, 2.75) is 33.4 Å². The highest BCUT2D eigenvalue weighted by Crippen LogP contribution is 2.41. The third-order valence-electron chi connectivity index (χ3n) is 6.94. The number of halogens is 3. The van der Waals surface area contributed by atoms with Gasteiger partial charge in [0.25, 0.3) is 5.56 Å². The predicted octanol–water partition coefficient (Wildman–Crippen LogP) is 6.85. The van der Waals surface area contributed by atoms with E-state index in [0.29, 0.717) is 64.5 Å². The quantitative estimate of drug-likeness (QED) is 0.166. The molecule has 0 radical (unpaired) electrons. The molecule has 234 valence electrons. The zero-order valence-corrected chi connectivity index (χ0v) is 28.8. The molecule has 1 aliphatic heterocycles. The smallest absolute Gasteiger partial charge is 0.338 e. The number of thiazole rings is 1. The molecule has 12 heteroatoms. The second kappa shape index (κ2) is 14.2. The highest BCUT2D eigenvalue weighted by Gasteiger charge is 2.35. The lowest BCUT2D eigenvalue weighted by Crippen LogP contribution is -2.40. The number of allylic oxidation sites excluding steroid dienone is 1. The van der Waals surface area contributed by atoms with Crippen LogP contribution in [0.15, 0.2) is 80.1 Å². The Morgan fingerprint density at radius 1 is 1.02 bits per heavy atom. The summed E-state index contributed by atoms with van der Waals surface area (Å²) in [6.45, 7) is 6.18. The zero-order chi connectivity index (χ0) is 32.2. The summed E-state index contributed by atoms with van der Waals surface area (Å²) < 4.78 is 25.4. The molecular formula is C33H29BrCl2N2O6S. The molecule has 0 amide bonds. The molecule has 3 aromatic carbocycles. The number of hydrogen-bond donors (Lipinski definition) is 0. The molecule has 5 rings (SSSR count). The van der Waals surface area contributed by atoms with Gasteiger partial charge in [-0.05, 0) is 80.4 Å². The fourth-order valence-corrected chi connectivity index (χ4v) is 6.94. The van der Waals surface area contributed by atoms with Crippen molar-refractivity contribution < 1.29 is 23.7 Å². The Balaban J connectivity index is 1.67. The second-order valence-corrected chi connectivity index (χ2v) is 12.6. The average molecular weight is 732 g/mol. The topological polar surface area (TPSA) is 88.4 Å². The van der Waals surface area contributed by atoms with Crippen LogP contribution in [-0.4, -0.2) is 30.9 Å². The monoisotopic (exact) mass is 730 g/mol. The van der Waals surface area contributed by atoms with Crippen LogP contribution < -0.4 is 29.1 Å². The Kier molecular flexibility index (Phi) is 10.4. The van der Waals surface area contributed by atoms with Gasteiger partial charge in [0, 0.05) is 20.1 Å².